The van der Waals surface area contributed by atoms with Crippen LogP contribution in [-0.4, -0.2) is 54.6 Å². The lowest BCUT2D eigenvalue weighted by molar-refractivity contribution is 0.161. The van der Waals surface area contributed by atoms with Crippen molar-refractivity contribution in [2.75, 3.05) is 32.7 Å². The number of urea groups is 1. The van der Waals surface area contributed by atoms with E-state index >= 15 is 0 Å². The van der Waals surface area contributed by atoms with Gasteiger partial charge >= 0.3 is 6.03 Å². The highest BCUT2D eigenvalue weighted by Gasteiger charge is 2.39. The maximum Gasteiger partial charge on any atom is 0.320 e. The zero-order chi connectivity index (χ0) is 11.7. The van der Waals surface area contributed by atoms with E-state index in [1.807, 2.05) is 0 Å². The Morgan fingerprint density at radius 1 is 1.00 bits per heavy atom. The van der Waals surface area contributed by atoms with Crippen LogP contribution in [-0.2, 0) is 0 Å². The summed E-state index contributed by atoms with van der Waals surface area (Å²) in [4.78, 5) is 16.6. The van der Waals surface area contributed by atoms with E-state index < -0.39 is 0 Å². The summed E-state index contributed by atoms with van der Waals surface area (Å²) < 4.78 is 0. The number of carbonyl (C=O) groups excluding carboxylic acids is 1. The molecule has 4 nitrogen and oxygen atoms in total. The molecule has 0 spiro atoms. The van der Waals surface area contributed by atoms with Crippen LogP contribution in [0.2, 0.25) is 0 Å². The minimum atomic E-state index is 0.295. The van der Waals surface area contributed by atoms with Crippen molar-refractivity contribution in [2.45, 2.75) is 38.1 Å². The van der Waals surface area contributed by atoms with Gasteiger partial charge in [0.1, 0.15) is 0 Å². The van der Waals surface area contributed by atoms with Crippen LogP contribution in [0, 0.1) is 5.92 Å². The highest BCUT2D eigenvalue weighted by atomic mass is 16.2. The third kappa shape index (κ3) is 2.28. The van der Waals surface area contributed by atoms with Gasteiger partial charge in [0.25, 0.3) is 0 Å². The lowest BCUT2D eigenvalue weighted by Gasteiger charge is -2.27. The van der Waals surface area contributed by atoms with Gasteiger partial charge in [0.05, 0.1) is 0 Å². The fraction of sp³-hybridized carbons (Fsp3) is 0.923. The van der Waals surface area contributed by atoms with Gasteiger partial charge in [-0.3, -0.25) is 0 Å². The van der Waals surface area contributed by atoms with Crippen LogP contribution in [0.3, 0.4) is 0 Å². The van der Waals surface area contributed by atoms with Crippen molar-refractivity contribution in [3.05, 3.63) is 0 Å². The molecule has 0 aliphatic carbocycles. The number of nitrogens with one attached hydrogen (secondary N) is 1. The molecule has 0 radical (unpaired) electrons. The zero-order valence-electron chi connectivity index (χ0n) is 10.5. The van der Waals surface area contributed by atoms with Crippen molar-refractivity contribution >= 4 is 6.03 Å². The second-order valence-corrected chi connectivity index (χ2v) is 5.70. The maximum atomic E-state index is 12.4. The van der Waals surface area contributed by atoms with Crippen molar-refractivity contribution in [2.24, 2.45) is 5.92 Å². The van der Waals surface area contributed by atoms with E-state index in [4.69, 9.17) is 0 Å². The first-order valence-corrected chi connectivity index (χ1v) is 7.12. The van der Waals surface area contributed by atoms with Gasteiger partial charge in [-0.25, -0.2) is 4.79 Å². The molecule has 17 heavy (non-hydrogen) atoms. The molecule has 2 atom stereocenters. The Hall–Kier alpha value is -0.770. The molecular weight excluding hydrogens is 214 g/mol. The predicted molar refractivity (Wildman–Crippen MR) is 66.9 cm³/mol. The van der Waals surface area contributed by atoms with Gasteiger partial charge in [-0.1, -0.05) is 12.8 Å². The maximum absolute atomic E-state index is 12.4. The largest absolute Gasteiger partial charge is 0.325 e. The zero-order valence-corrected chi connectivity index (χ0v) is 10.5. The van der Waals surface area contributed by atoms with Gasteiger partial charge in [-0.05, 0) is 31.7 Å². The molecular formula is C13H23N3O. The van der Waals surface area contributed by atoms with E-state index in [2.05, 4.69) is 15.1 Å². The molecule has 2 amide bonds. The quantitative estimate of drug-likeness (QED) is 0.689. The van der Waals surface area contributed by atoms with Gasteiger partial charge in [0, 0.05) is 32.2 Å². The minimum Gasteiger partial charge on any atom is -0.325 e. The van der Waals surface area contributed by atoms with E-state index in [1.54, 1.807) is 0 Å². The number of hydrogen-bond donors (Lipinski definition) is 1. The van der Waals surface area contributed by atoms with Crippen LogP contribution in [0.4, 0.5) is 4.79 Å². The third-order valence-corrected chi connectivity index (χ3v) is 4.51. The fourth-order valence-corrected chi connectivity index (χ4v) is 3.47. The van der Waals surface area contributed by atoms with Crippen molar-refractivity contribution in [1.29, 1.82) is 0 Å². The smallest absolute Gasteiger partial charge is 0.320 e. The van der Waals surface area contributed by atoms with E-state index in [9.17, 15) is 4.79 Å². The Kier molecular flexibility index (Phi) is 3.23. The number of amides is 2. The summed E-state index contributed by atoms with van der Waals surface area (Å²) in [6, 6.07) is 0.869. The van der Waals surface area contributed by atoms with E-state index in [-0.39, 0.29) is 0 Å². The van der Waals surface area contributed by atoms with Gasteiger partial charge in [0.15, 0.2) is 0 Å². The molecule has 1 N–H and O–H groups in total. The summed E-state index contributed by atoms with van der Waals surface area (Å²) in [6.07, 6.45) is 6.19. The lowest BCUT2D eigenvalue weighted by atomic mass is 10.1. The molecule has 0 aromatic carbocycles. The number of nitrogens with zero attached hydrogens (tertiary/aromatic N) is 2. The number of rotatable bonds is 0. The van der Waals surface area contributed by atoms with Crippen LogP contribution in [0.5, 0.6) is 0 Å². The highest BCUT2D eigenvalue weighted by molar-refractivity contribution is 5.75. The van der Waals surface area contributed by atoms with Gasteiger partial charge in [-0.2, -0.15) is 0 Å². The molecule has 96 valence electrons. The average molecular weight is 237 g/mol. The molecule has 3 rings (SSSR count). The summed E-state index contributed by atoms with van der Waals surface area (Å²) in [5, 5.41) is 3.51. The lowest BCUT2D eigenvalue weighted by Crippen LogP contribution is -2.44. The van der Waals surface area contributed by atoms with Crippen molar-refractivity contribution in [3.63, 3.8) is 0 Å². The molecule has 0 aromatic rings. The van der Waals surface area contributed by atoms with E-state index in [0.717, 1.165) is 32.7 Å². The third-order valence-electron chi connectivity index (χ3n) is 4.51. The second kappa shape index (κ2) is 4.84. The SMILES string of the molecule is O=C(N1CCCCCC1)N1C[C@@H]2CCN[C@@H]2C1. The molecule has 4 heteroatoms. The summed E-state index contributed by atoms with van der Waals surface area (Å²) in [6.45, 7) is 4.99. The molecule has 0 unspecified atom stereocenters. The van der Waals surface area contributed by atoms with Crippen LogP contribution in [0.25, 0.3) is 0 Å². The molecule has 3 heterocycles. The minimum absolute atomic E-state index is 0.295. The molecule has 0 aromatic heterocycles. The van der Waals surface area contributed by atoms with Gasteiger partial charge in [0.2, 0.25) is 0 Å². The first kappa shape index (κ1) is 11.3. The van der Waals surface area contributed by atoms with Crippen molar-refractivity contribution in [1.82, 2.24) is 15.1 Å². The monoisotopic (exact) mass is 237 g/mol. The Morgan fingerprint density at radius 3 is 2.47 bits per heavy atom. The number of likely N-dealkylation sites (tertiary alicyclic amines) is 2. The fourth-order valence-electron chi connectivity index (χ4n) is 3.47. The molecule has 3 saturated heterocycles. The Bertz CT molecular complexity index is 274. The summed E-state index contributed by atoms with van der Waals surface area (Å²) >= 11 is 0. The van der Waals surface area contributed by atoms with Crippen molar-refractivity contribution < 1.29 is 4.79 Å². The van der Waals surface area contributed by atoms with E-state index in [1.165, 1.54) is 32.1 Å². The highest BCUT2D eigenvalue weighted by Crippen LogP contribution is 2.25. The molecule has 0 bridgehead atoms. The Morgan fingerprint density at radius 2 is 1.76 bits per heavy atom. The number of fused-ring (bicyclic) bond motifs is 1. The number of carbonyl (C=O) groups is 1. The predicted octanol–water partition coefficient (Wildman–Crippen LogP) is 1.28. The van der Waals surface area contributed by atoms with Gasteiger partial charge in [-0.15, -0.1) is 0 Å². The summed E-state index contributed by atoms with van der Waals surface area (Å²) in [5.41, 5.74) is 0. The first-order chi connectivity index (χ1) is 8.34. The van der Waals surface area contributed by atoms with E-state index in [0.29, 0.717) is 18.0 Å². The summed E-state index contributed by atoms with van der Waals surface area (Å²) in [7, 11) is 0. The van der Waals surface area contributed by atoms with Crippen LogP contribution in [0.1, 0.15) is 32.1 Å². The normalized spacial score (nSPS) is 33.6. The van der Waals surface area contributed by atoms with Crippen LogP contribution in [0.15, 0.2) is 0 Å². The standard InChI is InChI=1S/C13H23N3O/c17-13(15-7-3-1-2-4-8-15)16-9-11-5-6-14-12(11)10-16/h11-12,14H,1-10H2/t11-,12+/m0/s1. The van der Waals surface area contributed by atoms with Crippen LogP contribution < -0.4 is 5.32 Å². The van der Waals surface area contributed by atoms with Gasteiger partial charge < -0.3 is 15.1 Å². The van der Waals surface area contributed by atoms with Crippen molar-refractivity contribution in [3.8, 4) is 0 Å². The summed E-state index contributed by atoms with van der Waals surface area (Å²) in [5.74, 6) is 0.714. The Balaban J connectivity index is 1.58. The van der Waals surface area contributed by atoms with Crippen LogP contribution >= 0.6 is 0 Å². The topological polar surface area (TPSA) is 35.6 Å². The second-order valence-electron chi connectivity index (χ2n) is 5.70. The molecule has 3 fully saturated rings. The average Bonchev–Trinajstić information content (AvgIpc) is 2.80. The molecule has 0 saturated carbocycles. The molecule has 3 aliphatic heterocycles. The number of hydrogen-bond acceptors (Lipinski definition) is 2. The molecule has 3 aliphatic rings. The Labute approximate surface area is 103 Å². The first-order valence-electron chi connectivity index (χ1n) is 7.12.